The molecule has 2 unspecified atom stereocenters. The minimum Gasteiger partial charge on any atom is -0.312 e. The monoisotopic (exact) mass is 343 g/mol. The fourth-order valence-corrected chi connectivity index (χ4v) is 3.54. The number of piperazine rings is 1. The lowest BCUT2D eigenvalue weighted by Gasteiger charge is -2.39. The summed E-state index contributed by atoms with van der Waals surface area (Å²) in [5.41, 5.74) is 1.26. The third-order valence-electron chi connectivity index (χ3n) is 4.30. The van der Waals surface area contributed by atoms with Crippen molar-refractivity contribution in [3.05, 3.63) is 16.4 Å². The summed E-state index contributed by atoms with van der Waals surface area (Å²) in [5, 5.41) is 7.90. The maximum absolute atomic E-state index is 4.44. The second-order valence-corrected chi connectivity index (χ2v) is 6.52. The van der Waals surface area contributed by atoms with Crippen molar-refractivity contribution in [1.82, 2.24) is 24.9 Å². The largest absolute Gasteiger partial charge is 0.312 e. The van der Waals surface area contributed by atoms with Gasteiger partial charge in [0.1, 0.15) is 0 Å². The van der Waals surface area contributed by atoms with Crippen LogP contribution >= 0.6 is 15.9 Å². The van der Waals surface area contributed by atoms with Gasteiger partial charge in [0.15, 0.2) is 0 Å². The van der Waals surface area contributed by atoms with E-state index < -0.39 is 0 Å². The highest BCUT2D eigenvalue weighted by Crippen LogP contribution is 2.28. The van der Waals surface area contributed by atoms with Gasteiger partial charge in [-0.2, -0.15) is 5.10 Å². The van der Waals surface area contributed by atoms with E-state index in [0.29, 0.717) is 12.1 Å². The van der Waals surface area contributed by atoms with E-state index in [-0.39, 0.29) is 0 Å². The van der Waals surface area contributed by atoms with Gasteiger partial charge in [-0.25, -0.2) is 0 Å². The van der Waals surface area contributed by atoms with Crippen molar-refractivity contribution in [3.63, 3.8) is 0 Å². The minimum absolute atomic E-state index is 0.325. The second kappa shape index (κ2) is 7.02. The predicted molar refractivity (Wildman–Crippen MR) is 85.9 cm³/mol. The van der Waals surface area contributed by atoms with Crippen LogP contribution in [0, 0.1) is 0 Å². The number of hydrogen-bond acceptors (Lipinski definition) is 4. The van der Waals surface area contributed by atoms with Crippen molar-refractivity contribution in [2.75, 3.05) is 40.8 Å². The Labute approximate surface area is 130 Å². The Bertz CT molecular complexity index is 433. The van der Waals surface area contributed by atoms with Crippen LogP contribution in [0.25, 0.3) is 0 Å². The summed E-state index contributed by atoms with van der Waals surface area (Å²) in [4.78, 5) is 4.90. The summed E-state index contributed by atoms with van der Waals surface area (Å²) in [5.74, 6) is 0. The Kier molecular flexibility index (Phi) is 5.60. The number of aryl methyl sites for hydroxylation is 1. The lowest BCUT2D eigenvalue weighted by Crippen LogP contribution is -2.51. The number of halogens is 1. The van der Waals surface area contributed by atoms with E-state index in [4.69, 9.17) is 0 Å². The zero-order chi connectivity index (χ0) is 14.7. The second-order valence-electron chi connectivity index (χ2n) is 5.67. The van der Waals surface area contributed by atoms with Gasteiger partial charge in [0, 0.05) is 32.2 Å². The molecule has 114 valence electrons. The normalized spacial score (nSPS) is 23.1. The maximum atomic E-state index is 4.44. The predicted octanol–water partition coefficient (Wildman–Crippen LogP) is 1.56. The van der Waals surface area contributed by atoms with Gasteiger partial charge in [0.2, 0.25) is 0 Å². The molecule has 1 aliphatic heterocycles. The van der Waals surface area contributed by atoms with Crippen molar-refractivity contribution in [2.24, 2.45) is 0 Å². The van der Waals surface area contributed by atoms with E-state index in [2.05, 4.69) is 61.8 Å². The lowest BCUT2D eigenvalue weighted by atomic mass is 10.0. The Morgan fingerprint density at radius 2 is 2.20 bits per heavy atom. The molecule has 0 amide bonds. The van der Waals surface area contributed by atoms with Crippen molar-refractivity contribution in [3.8, 4) is 0 Å². The van der Waals surface area contributed by atoms with E-state index >= 15 is 0 Å². The van der Waals surface area contributed by atoms with E-state index in [1.54, 1.807) is 0 Å². The number of aromatic nitrogens is 2. The molecule has 1 aromatic rings. The molecule has 2 heterocycles. The maximum Gasteiger partial charge on any atom is 0.0696 e. The van der Waals surface area contributed by atoms with Crippen LogP contribution in [0.1, 0.15) is 25.1 Å². The van der Waals surface area contributed by atoms with E-state index in [0.717, 1.165) is 37.1 Å². The van der Waals surface area contributed by atoms with Gasteiger partial charge in [0.05, 0.1) is 22.4 Å². The summed E-state index contributed by atoms with van der Waals surface area (Å²) in [6.45, 7) is 6.47. The summed E-state index contributed by atoms with van der Waals surface area (Å²) in [7, 11) is 6.48. The van der Waals surface area contributed by atoms with Gasteiger partial charge in [-0.15, -0.1) is 0 Å². The third kappa shape index (κ3) is 3.42. The van der Waals surface area contributed by atoms with Crippen LogP contribution in [-0.2, 0) is 6.54 Å². The molecule has 1 aromatic heterocycles. The molecule has 6 heteroatoms. The highest BCUT2D eigenvalue weighted by atomic mass is 79.9. The first-order valence-corrected chi connectivity index (χ1v) is 8.13. The van der Waals surface area contributed by atoms with E-state index in [9.17, 15) is 0 Å². The third-order valence-corrected chi connectivity index (χ3v) is 4.91. The number of likely N-dealkylation sites (N-methyl/N-ethyl adjacent to an activating group) is 2. The van der Waals surface area contributed by atoms with Gasteiger partial charge in [-0.05, 0) is 50.4 Å². The van der Waals surface area contributed by atoms with E-state index in [1.165, 1.54) is 5.69 Å². The molecule has 2 rings (SSSR count). The van der Waals surface area contributed by atoms with Crippen LogP contribution in [0.15, 0.2) is 10.7 Å². The van der Waals surface area contributed by atoms with Crippen molar-refractivity contribution in [1.29, 1.82) is 0 Å². The highest BCUT2D eigenvalue weighted by Gasteiger charge is 2.27. The van der Waals surface area contributed by atoms with Crippen LogP contribution < -0.4 is 5.32 Å². The van der Waals surface area contributed by atoms with Gasteiger partial charge in [-0.3, -0.25) is 4.68 Å². The Morgan fingerprint density at radius 1 is 1.45 bits per heavy atom. The molecular formula is C14H26BrN5. The minimum atomic E-state index is 0.325. The zero-order valence-corrected chi connectivity index (χ0v) is 14.5. The summed E-state index contributed by atoms with van der Waals surface area (Å²) in [6.07, 6.45) is 3.00. The average molecular weight is 344 g/mol. The molecule has 1 fully saturated rings. The van der Waals surface area contributed by atoms with Crippen LogP contribution in [0.3, 0.4) is 0 Å². The lowest BCUT2D eigenvalue weighted by molar-refractivity contribution is 0.101. The Hall–Kier alpha value is -0.430. The summed E-state index contributed by atoms with van der Waals surface area (Å²) >= 11 is 3.64. The molecule has 2 atom stereocenters. The molecule has 1 N–H and O–H groups in total. The quantitative estimate of drug-likeness (QED) is 0.880. The highest BCUT2D eigenvalue weighted by molar-refractivity contribution is 9.10. The molecule has 1 aliphatic rings. The molecule has 0 saturated carbocycles. The van der Waals surface area contributed by atoms with Gasteiger partial charge < -0.3 is 15.1 Å². The van der Waals surface area contributed by atoms with Gasteiger partial charge in [-0.1, -0.05) is 0 Å². The molecular weight excluding hydrogens is 318 g/mol. The van der Waals surface area contributed by atoms with Crippen molar-refractivity contribution >= 4 is 15.9 Å². The molecule has 0 radical (unpaired) electrons. The Morgan fingerprint density at radius 3 is 2.85 bits per heavy atom. The number of hydrogen-bond donors (Lipinski definition) is 1. The van der Waals surface area contributed by atoms with Crippen LogP contribution in [-0.4, -0.2) is 66.4 Å². The smallest absolute Gasteiger partial charge is 0.0696 e. The van der Waals surface area contributed by atoms with E-state index in [1.807, 2.05) is 13.2 Å². The van der Waals surface area contributed by atoms with Gasteiger partial charge >= 0.3 is 0 Å². The van der Waals surface area contributed by atoms with Gasteiger partial charge in [0.25, 0.3) is 0 Å². The van der Waals surface area contributed by atoms with Crippen LogP contribution in [0.4, 0.5) is 0 Å². The van der Waals surface area contributed by atoms with Crippen molar-refractivity contribution < 1.29 is 0 Å². The summed E-state index contributed by atoms with van der Waals surface area (Å²) < 4.78 is 3.18. The fourth-order valence-electron chi connectivity index (χ4n) is 2.96. The molecule has 0 bridgehead atoms. The number of nitrogens with one attached hydrogen (secondary N) is 1. The zero-order valence-electron chi connectivity index (χ0n) is 12.9. The molecule has 5 nitrogen and oxygen atoms in total. The molecule has 0 aromatic carbocycles. The number of rotatable bonds is 5. The van der Waals surface area contributed by atoms with Crippen LogP contribution in [0.2, 0.25) is 0 Å². The van der Waals surface area contributed by atoms with Crippen LogP contribution in [0.5, 0.6) is 0 Å². The molecule has 0 aliphatic carbocycles. The first-order chi connectivity index (χ1) is 9.56. The van der Waals surface area contributed by atoms with Crippen molar-refractivity contribution in [2.45, 2.75) is 32.0 Å². The topological polar surface area (TPSA) is 36.3 Å². The first-order valence-electron chi connectivity index (χ1n) is 7.34. The SMILES string of the molecule is CCn1ncc(Br)c1C(CC1CN(C)CCN1C)NC. The standard InChI is InChI=1S/C14H26BrN5/c1-5-20-14(12(15)9-17-20)13(16-2)8-11-10-18(3)6-7-19(11)4/h9,11,13,16H,5-8,10H2,1-4H3. The number of nitrogens with zero attached hydrogens (tertiary/aromatic N) is 4. The molecule has 1 saturated heterocycles. The average Bonchev–Trinajstić information content (AvgIpc) is 2.81. The molecule has 0 spiro atoms. The Balaban J connectivity index is 2.14. The fraction of sp³-hybridized carbons (Fsp3) is 0.786. The first kappa shape index (κ1) is 15.9. The summed E-state index contributed by atoms with van der Waals surface area (Å²) in [6, 6.07) is 0.907. The molecule has 20 heavy (non-hydrogen) atoms.